The predicted molar refractivity (Wildman–Crippen MR) is 106 cm³/mol. The summed E-state index contributed by atoms with van der Waals surface area (Å²) in [5.74, 6) is -1.13. The van der Waals surface area contributed by atoms with Gasteiger partial charge in [-0.2, -0.15) is 0 Å². The van der Waals surface area contributed by atoms with Gasteiger partial charge >= 0.3 is 11.9 Å². The van der Waals surface area contributed by atoms with Crippen molar-refractivity contribution in [1.29, 1.82) is 0 Å². The van der Waals surface area contributed by atoms with Crippen LogP contribution in [0.1, 0.15) is 38.2 Å². The summed E-state index contributed by atoms with van der Waals surface area (Å²) in [5, 5.41) is 11.0. The van der Waals surface area contributed by atoms with Crippen LogP contribution in [0.3, 0.4) is 0 Å². The standard InChI is InChI=1S/C21H27NO6/c1-2-27-21(26)14-9-17-7-10-18(11-8-17)28-16-6-4-3-5-15-22-19(23)12-13-20(24)25/h7-14H,2-6,15-16H2,1H3,(H,22,23)(H,24,25)/b13-12-,14-9+. The Morgan fingerprint density at radius 1 is 1.00 bits per heavy atom. The third-order valence-electron chi connectivity index (χ3n) is 3.59. The first-order chi connectivity index (χ1) is 13.5. The fourth-order valence-corrected chi connectivity index (χ4v) is 2.22. The lowest BCUT2D eigenvalue weighted by atomic mass is 10.2. The van der Waals surface area contributed by atoms with E-state index in [1.165, 1.54) is 6.08 Å². The molecule has 1 rings (SSSR count). The molecule has 1 aromatic rings. The van der Waals surface area contributed by atoms with E-state index in [1.54, 1.807) is 13.0 Å². The summed E-state index contributed by atoms with van der Waals surface area (Å²) >= 11 is 0. The number of amides is 1. The molecule has 152 valence electrons. The monoisotopic (exact) mass is 389 g/mol. The lowest BCUT2D eigenvalue weighted by Crippen LogP contribution is -2.22. The fourth-order valence-electron chi connectivity index (χ4n) is 2.22. The van der Waals surface area contributed by atoms with E-state index < -0.39 is 11.9 Å². The van der Waals surface area contributed by atoms with Gasteiger partial charge in [0.05, 0.1) is 13.2 Å². The molecule has 0 aliphatic heterocycles. The summed E-state index contributed by atoms with van der Waals surface area (Å²) in [6, 6.07) is 7.44. The number of nitrogens with one attached hydrogen (secondary N) is 1. The molecule has 0 fully saturated rings. The second-order valence-electron chi connectivity index (χ2n) is 5.88. The van der Waals surface area contributed by atoms with E-state index in [-0.39, 0.29) is 5.97 Å². The summed E-state index contributed by atoms with van der Waals surface area (Å²) in [4.78, 5) is 32.8. The van der Waals surface area contributed by atoms with E-state index >= 15 is 0 Å². The molecule has 2 N–H and O–H groups in total. The zero-order valence-corrected chi connectivity index (χ0v) is 16.1. The van der Waals surface area contributed by atoms with Crippen LogP contribution in [0.25, 0.3) is 6.08 Å². The quantitative estimate of drug-likeness (QED) is 0.305. The maximum atomic E-state index is 11.3. The number of rotatable bonds is 13. The molecule has 0 spiro atoms. The van der Waals surface area contributed by atoms with Gasteiger partial charge in [-0.05, 0) is 43.5 Å². The molecule has 1 aromatic carbocycles. The molecule has 0 saturated carbocycles. The lowest BCUT2D eigenvalue weighted by Gasteiger charge is -2.07. The molecule has 0 heterocycles. The summed E-state index contributed by atoms with van der Waals surface area (Å²) in [5.41, 5.74) is 0.889. The summed E-state index contributed by atoms with van der Waals surface area (Å²) in [7, 11) is 0. The van der Waals surface area contributed by atoms with Crippen LogP contribution in [0.4, 0.5) is 0 Å². The summed E-state index contributed by atoms with van der Waals surface area (Å²) in [6.07, 6.45) is 8.56. The van der Waals surface area contributed by atoms with E-state index in [9.17, 15) is 14.4 Å². The van der Waals surface area contributed by atoms with Crippen LogP contribution in [-0.2, 0) is 19.1 Å². The van der Waals surface area contributed by atoms with Crippen molar-refractivity contribution < 1.29 is 29.0 Å². The van der Waals surface area contributed by atoms with E-state index in [1.807, 2.05) is 24.3 Å². The first-order valence-corrected chi connectivity index (χ1v) is 9.27. The van der Waals surface area contributed by atoms with Gasteiger partial charge in [0, 0.05) is 24.8 Å². The van der Waals surface area contributed by atoms with E-state index in [0.29, 0.717) is 19.8 Å². The van der Waals surface area contributed by atoms with Crippen molar-refractivity contribution in [2.45, 2.75) is 32.6 Å². The lowest BCUT2D eigenvalue weighted by molar-refractivity contribution is -0.137. The first kappa shape index (κ1) is 23.0. The maximum absolute atomic E-state index is 11.3. The van der Waals surface area contributed by atoms with Crippen LogP contribution in [0.5, 0.6) is 5.75 Å². The maximum Gasteiger partial charge on any atom is 0.330 e. The number of unbranched alkanes of at least 4 members (excludes halogenated alkanes) is 3. The molecule has 7 heteroatoms. The number of ether oxygens (including phenoxy) is 2. The fraction of sp³-hybridized carbons (Fsp3) is 0.381. The Morgan fingerprint density at radius 2 is 1.71 bits per heavy atom. The van der Waals surface area contributed by atoms with E-state index in [4.69, 9.17) is 14.6 Å². The van der Waals surface area contributed by atoms with Crippen molar-refractivity contribution in [2.75, 3.05) is 19.8 Å². The van der Waals surface area contributed by atoms with Gasteiger partial charge in [-0.3, -0.25) is 4.79 Å². The van der Waals surface area contributed by atoms with Gasteiger partial charge in [0.2, 0.25) is 5.91 Å². The van der Waals surface area contributed by atoms with Gasteiger partial charge in [-0.25, -0.2) is 9.59 Å². The van der Waals surface area contributed by atoms with Crippen LogP contribution in [-0.4, -0.2) is 42.7 Å². The van der Waals surface area contributed by atoms with Crippen molar-refractivity contribution in [2.24, 2.45) is 0 Å². The molecule has 0 atom stereocenters. The number of carbonyl (C=O) groups is 3. The van der Waals surface area contributed by atoms with Crippen molar-refractivity contribution in [3.8, 4) is 5.75 Å². The second-order valence-corrected chi connectivity index (χ2v) is 5.88. The van der Waals surface area contributed by atoms with Crippen LogP contribution in [0.15, 0.2) is 42.5 Å². The zero-order chi connectivity index (χ0) is 20.6. The molecular formula is C21H27NO6. The highest BCUT2D eigenvalue weighted by Crippen LogP contribution is 2.14. The minimum Gasteiger partial charge on any atom is -0.494 e. The number of carboxylic acid groups (broad SMARTS) is 1. The van der Waals surface area contributed by atoms with E-state index in [2.05, 4.69) is 5.32 Å². The molecule has 0 aromatic heterocycles. The molecule has 0 aliphatic rings. The van der Waals surface area contributed by atoms with Gasteiger partial charge in [0.25, 0.3) is 0 Å². The molecule has 1 amide bonds. The summed E-state index contributed by atoms with van der Waals surface area (Å²) in [6.45, 7) is 3.24. The van der Waals surface area contributed by atoms with Gasteiger partial charge in [0.1, 0.15) is 5.75 Å². The SMILES string of the molecule is CCOC(=O)/C=C/c1ccc(OCCCCCCNC(=O)/C=C\C(=O)O)cc1. The van der Waals surface area contributed by atoms with Crippen molar-refractivity contribution >= 4 is 23.9 Å². The number of aliphatic carboxylic acids is 1. The van der Waals surface area contributed by atoms with Crippen LogP contribution >= 0.6 is 0 Å². The van der Waals surface area contributed by atoms with Gasteiger partial charge in [0.15, 0.2) is 0 Å². The Balaban J connectivity index is 2.11. The van der Waals surface area contributed by atoms with Crippen LogP contribution in [0, 0.1) is 0 Å². The minimum atomic E-state index is -1.14. The van der Waals surface area contributed by atoms with Gasteiger partial charge in [-0.15, -0.1) is 0 Å². The zero-order valence-electron chi connectivity index (χ0n) is 16.1. The van der Waals surface area contributed by atoms with Gasteiger partial charge < -0.3 is 19.9 Å². The number of esters is 1. The Hall–Kier alpha value is -3.09. The second kappa shape index (κ2) is 14.0. The minimum absolute atomic E-state index is 0.356. The number of benzene rings is 1. The van der Waals surface area contributed by atoms with Crippen LogP contribution in [0.2, 0.25) is 0 Å². The Labute approximate surface area is 165 Å². The number of carboxylic acids is 1. The Kier molecular flexibility index (Phi) is 11.5. The molecule has 0 radical (unpaired) electrons. The number of hydrogen-bond donors (Lipinski definition) is 2. The third-order valence-corrected chi connectivity index (χ3v) is 3.59. The molecule has 0 bridgehead atoms. The normalized spacial score (nSPS) is 10.9. The first-order valence-electron chi connectivity index (χ1n) is 9.27. The average Bonchev–Trinajstić information content (AvgIpc) is 2.68. The smallest absolute Gasteiger partial charge is 0.330 e. The van der Waals surface area contributed by atoms with Crippen molar-refractivity contribution in [3.05, 3.63) is 48.1 Å². The van der Waals surface area contributed by atoms with Crippen molar-refractivity contribution in [3.63, 3.8) is 0 Å². The molecule has 7 nitrogen and oxygen atoms in total. The Bertz CT molecular complexity index is 679. The molecule has 0 saturated heterocycles. The van der Waals surface area contributed by atoms with Gasteiger partial charge in [-0.1, -0.05) is 25.0 Å². The molecule has 0 aliphatic carbocycles. The topological polar surface area (TPSA) is 102 Å². The van der Waals surface area contributed by atoms with Crippen molar-refractivity contribution in [1.82, 2.24) is 5.32 Å². The number of hydrogen-bond acceptors (Lipinski definition) is 5. The molecule has 28 heavy (non-hydrogen) atoms. The van der Waals surface area contributed by atoms with E-state index in [0.717, 1.165) is 49.1 Å². The highest BCUT2D eigenvalue weighted by molar-refractivity contribution is 5.93. The largest absolute Gasteiger partial charge is 0.494 e. The average molecular weight is 389 g/mol. The Morgan fingerprint density at radius 3 is 2.39 bits per heavy atom. The highest BCUT2D eigenvalue weighted by Gasteiger charge is 1.98. The predicted octanol–water partition coefficient (Wildman–Crippen LogP) is 2.96. The molecule has 0 unspecified atom stereocenters. The third kappa shape index (κ3) is 11.5. The summed E-state index contributed by atoms with van der Waals surface area (Å²) < 4.78 is 10.5. The molecular weight excluding hydrogens is 362 g/mol. The number of carbonyl (C=O) groups excluding carboxylic acids is 2. The van der Waals surface area contributed by atoms with Crippen LogP contribution < -0.4 is 10.1 Å². The highest BCUT2D eigenvalue weighted by atomic mass is 16.5.